The summed E-state index contributed by atoms with van der Waals surface area (Å²) in [5, 5.41) is 35.5. The van der Waals surface area contributed by atoms with Crippen molar-refractivity contribution in [3.8, 4) is 17.2 Å². The van der Waals surface area contributed by atoms with Gasteiger partial charge < -0.3 is 36.6 Å². The second kappa shape index (κ2) is 10.8. The molecule has 2 aromatic carbocycles. The van der Waals surface area contributed by atoms with E-state index in [0.29, 0.717) is 11.3 Å². The van der Waals surface area contributed by atoms with Gasteiger partial charge in [-0.3, -0.25) is 9.59 Å². The molecule has 9 heteroatoms. The Morgan fingerprint density at radius 2 is 1.36 bits per heavy atom. The number of phenols is 2. The van der Waals surface area contributed by atoms with Crippen molar-refractivity contribution < 1.29 is 34.8 Å². The average Bonchev–Trinajstić information content (AvgIpc) is 2.64. The van der Waals surface area contributed by atoms with E-state index in [1.807, 2.05) is 0 Å². The zero-order valence-corrected chi connectivity index (χ0v) is 15.3. The predicted octanol–water partition coefficient (Wildman–Crippen LogP) is 0.702. The molecule has 0 fully saturated rings. The van der Waals surface area contributed by atoms with E-state index in [1.54, 1.807) is 24.3 Å². The van der Waals surface area contributed by atoms with Crippen molar-refractivity contribution in [3.63, 3.8) is 0 Å². The molecule has 0 aliphatic carbocycles. The standard InChI is InChI=1S/C10H13NO4.C9H11NO3/c1-15-9-3-2-6(5-8(9)12)4-7(11)10(13)14;10-8(9(12)13)5-6-1-3-7(11)4-2-6/h2-3,5,7,12H,4,11H2,1H3,(H,13,14);1-4,8,11H,5,10H2,(H,12,13)/t7-;8-/m00/s1. The molecule has 0 heterocycles. The third-order valence-corrected chi connectivity index (χ3v) is 3.73. The third kappa shape index (κ3) is 7.52. The molecule has 0 saturated heterocycles. The Bertz CT molecular complexity index is 793. The molecule has 0 radical (unpaired) electrons. The largest absolute Gasteiger partial charge is 0.508 e. The van der Waals surface area contributed by atoms with E-state index in [-0.39, 0.29) is 24.3 Å². The lowest BCUT2D eigenvalue weighted by Gasteiger charge is -2.08. The van der Waals surface area contributed by atoms with Gasteiger partial charge in [0.15, 0.2) is 11.5 Å². The van der Waals surface area contributed by atoms with Gasteiger partial charge >= 0.3 is 11.9 Å². The summed E-state index contributed by atoms with van der Waals surface area (Å²) in [7, 11) is 1.44. The fraction of sp³-hybridized carbons (Fsp3) is 0.263. The van der Waals surface area contributed by atoms with Gasteiger partial charge in [0, 0.05) is 0 Å². The minimum atomic E-state index is -1.06. The fourth-order valence-corrected chi connectivity index (χ4v) is 2.18. The highest BCUT2D eigenvalue weighted by Crippen LogP contribution is 2.26. The molecule has 0 aliphatic rings. The average molecular weight is 392 g/mol. The Kier molecular flexibility index (Phi) is 8.73. The number of carboxylic acid groups (broad SMARTS) is 2. The van der Waals surface area contributed by atoms with E-state index >= 15 is 0 Å². The quantitative estimate of drug-likeness (QED) is 0.396. The maximum atomic E-state index is 10.5. The van der Waals surface area contributed by atoms with Crippen molar-refractivity contribution in [2.24, 2.45) is 11.5 Å². The van der Waals surface area contributed by atoms with Crippen LogP contribution in [0.1, 0.15) is 11.1 Å². The minimum Gasteiger partial charge on any atom is -0.508 e. The number of carboxylic acids is 2. The van der Waals surface area contributed by atoms with Crippen molar-refractivity contribution in [1.29, 1.82) is 0 Å². The van der Waals surface area contributed by atoms with Crippen molar-refractivity contribution in [2.45, 2.75) is 24.9 Å². The summed E-state index contributed by atoms with van der Waals surface area (Å²) in [6.07, 6.45) is 0.447. The molecule has 2 aromatic rings. The normalized spacial score (nSPS) is 12.2. The van der Waals surface area contributed by atoms with E-state index in [2.05, 4.69) is 0 Å². The highest BCUT2D eigenvalue weighted by molar-refractivity contribution is 5.74. The van der Waals surface area contributed by atoms with Crippen LogP contribution in [0.25, 0.3) is 0 Å². The van der Waals surface area contributed by atoms with Gasteiger partial charge in [-0.05, 0) is 48.2 Å². The first-order valence-corrected chi connectivity index (χ1v) is 8.24. The van der Waals surface area contributed by atoms with E-state index in [9.17, 15) is 14.7 Å². The number of aliphatic carboxylic acids is 2. The van der Waals surface area contributed by atoms with Gasteiger partial charge in [0.1, 0.15) is 17.8 Å². The van der Waals surface area contributed by atoms with Gasteiger partial charge in [0.05, 0.1) is 7.11 Å². The first-order valence-electron chi connectivity index (χ1n) is 8.24. The van der Waals surface area contributed by atoms with Gasteiger partial charge in [-0.1, -0.05) is 18.2 Å². The highest BCUT2D eigenvalue weighted by Gasteiger charge is 2.13. The van der Waals surface area contributed by atoms with E-state index in [1.165, 1.54) is 25.3 Å². The zero-order valence-electron chi connectivity index (χ0n) is 15.3. The topological polar surface area (TPSA) is 176 Å². The monoisotopic (exact) mass is 392 g/mol. The van der Waals surface area contributed by atoms with Crippen molar-refractivity contribution in [1.82, 2.24) is 0 Å². The molecule has 152 valence electrons. The van der Waals surface area contributed by atoms with Crippen LogP contribution in [0.15, 0.2) is 42.5 Å². The van der Waals surface area contributed by atoms with Crippen LogP contribution in [0.5, 0.6) is 17.2 Å². The lowest BCUT2D eigenvalue weighted by Crippen LogP contribution is -2.32. The van der Waals surface area contributed by atoms with Gasteiger partial charge in [-0.15, -0.1) is 0 Å². The van der Waals surface area contributed by atoms with E-state index in [4.69, 9.17) is 31.5 Å². The van der Waals surface area contributed by atoms with E-state index in [0.717, 1.165) is 5.56 Å². The number of ether oxygens (including phenoxy) is 1. The number of rotatable bonds is 7. The lowest BCUT2D eigenvalue weighted by molar-refractivity contribution is -0.139. The van der Waals surface area contributed by atoms with Crippen LogP contribution in [0, 0.1) is 0 Å². The van der Waals surface area contributed by atoms with Crippen molar-refractivity contribution >= 4 is 11.9 Å². The summed E-state index contributed by atoms with van der Waals surface area (Å²) in [6.45, 7) is 0. The molecule has 0 aliphatic heterocycles. The Hall–Kier alpha value is -3.30. The van der Waals surface area contributed by atoms with Crippen LogP contribution in [-0.2, 0) is 22.4 Å². The Balaban J connectivity index is 0.000000283. The van der Waals surface area contributed by atoms with Gasteiger partial charge in [-0.2, -0.15) is 0 Å². The Morgan fingerprint density at radius 1 is 0.893 bits per heavy atom. The zero-order chi connectivity index (χ0) is 21.3. The molecular formula is C19H24N2O7. The van der Waals surface area contributed by atoms with Crippen LogP contribution >= 0.6 is 0 Å². The molecule has 0 spiro atoms. The molecule has 9 nitrogen and oxygen atoms in total. The number of nitrogens with two attached hydrogens (primary N) is 2. The molecule has 2 atom stereocenters. The van der Waals surface area contributed by atoms with E-state index < -0.39 is 24.0 Å². The maximum absolute atomic E-state index is 10.5. The number of carbonyl (C=O) groups is 2. The number of methoxy groups -OCH3 is 1. The maximum Gasteiger partial charge on any atom is 0.320 e. The SMILES string of the molecule is COc1ccc(C[C@H](N)C(=O)O)cc1O.N[C@@H](Cc1ccc(O)cc1)C(=O)O. The summed E-state index contributed by atoms with van der Waals surface area (Å²) in [5.41, 5.74) is 12.1. The molecule has 0 bridgehead atoms. The number of hydrogen-bond acceptors (Lipinski definition) is 7. The molecule has 0 unspecified atom stereocenters. The summed E-state index contributed by atoms with van der Waals surface area (Å²) in [6, 6.07) is 9.15. The van der Waals surface area contributed by atoms with Crippen LogP contribution < -0.4 is 16.2 Å². The Labute approximate surface area is 161 Å². The molecule has 8 N–H and O–H groups in total. The number of hydrogen-bond donors (Lipinski definition) is 6. The summed E-state index contributed by atoms with van der Waals surface area (Å²) < 4.78 is 4.85. The lowest BCUT2D eigenvalue weighted by atomic mass is 10.1. The fourth-order valence-electron chi connectivity index (χ4n) is 2.18. The molecule has 28 heavy (non-hydrogen) atoms. The number of aromatic hydroxyl groups is 2. The number of phenolic OH excluding ortho intramolecular Hbond substituents is 2. The minimum absolute atomic E-state index is 0.0208. The van der Waals surface area contributed by atoms with Crippen LogP contribution in [0.4, 0.5) is 0 Å². The molecule has 0 aromatic heterocycles. The van der Waals surface area contributed by atoms with Crippen LogP contribution in [0.3, 0.4) is 0 Å². The molecule has 2 rings (SSSR count). The van der Waals surface area contributed by atoms with Crippen molar-refractivity contribution in [2.75, 3.05) is 7.11 Å². The number of benzene rings is 2. The first-order chi connectivity index (χ1) is 13.1. The highest BCUT2D eigenvalue weighted by atomic mass is 16.5. The van der Waals surface area contributed by atoms with Gasteiger partial charge in [0.25, 0.3) is 0 Å². The van der Waals surface area contributed by atoms with Crippen LogP contribution in [0.2, 0.25) is 0 Å². The summed E-state index contributed by atoms with van der Waals surface area (Å²) in [4.78, 5) is 20.9. The summed E-state index contributed by atoms with van der Waals surface area (Å²) >= 11 is 0. The predicted molar refractivity (Wildman–Crippen MR) is 101 cm³/mol. The summed E-state index contributed by atoms with van der Waals surface area (Å²) in [5.74, 6) is -1.60. The molecule has 0 saturated carbocycles. The molecular weight excluding hydrogens is 368 g/mol. The third-order valence-electron chi connectivity index (χ3n) is 3.73. The smallest absolute Gasteiger partial charge is 0.320 e. The van der Waals surface area contributed by atoms with Crippen LogP contribution in [-0.4, -0.2) is 51.6 Å². The van der Waals surface area contributed by atoms with Gasteiger partial charge in [0.2, 0.25) is 0 Å². The Morgan fingerprint density at radius 3 is 1.79 bits per heavy atom. The second-order valence-electron chi connectivity index (χ2n) is 5.97. The van der Waals surface area contributed by atoms with Crippen molar-refractivity contribution in [3.05, 3.63) is 53.6 Å². The van der Waals surface area contributed by atoms with Gasteiger partial charge in [-0.25, -0.2) is 0 Å². The molecule has 0 amide bonds. The first kappa shape index (κ1) is 22.7. The second-order valence-corrected chi connectivity index (χ2v) is 5.97.